The molecule has 0 atom stereocenters. The number of para-hydroxylation sites is 1. The lowest BCUT2D eigenvalue weighted by Crippen LogP contribution is -1.96. The zero-order chi connectivity index (χ0) is 34.0. The molecule has 0 aliphatic heterocycles. The average molecular weight is 643 g/mol. The third kappa shape index (κ3) is 5.49. The van der Waals surface area contributed by atoms with E-state index in [9.17, 15) is 0 Å². The molecule has 0 fully saturated rings. The van der Waals surface area contributed by atoms with Gasteiger partial charge in [-0.25, -0.2) is 0 Å². The summed E-state index contributed by atoms with van der Waals surface area (Å²) in [5, 5.41) is 11.3. The van der Waals surface area contributed by atoms with E-state index in [-0.39, 0.29) is 0 Å². The predicted octanol–water partition coefficient (Wildman–Crippen LogP) is 11.2. The number of fused-ring (bicyclic) bond motifs is 4. The number of pyridine rings is 1. The zero-order valence-corrected chi connectivity index (χ0v) is 27.4. The number of allylic oxidation sites excluding steroid dienone is 4. The van der Waals surface area contributed by atoms with E-state index in [1.807, 2.05) is 36.4 Å². The third-order valence-corrected chi connectivity index (χ3v) is 9.32. The monoisotopic (exact) mass is 642 g/mol. The lowest BCUT2D eigenvalue weighted by atomic mass is 9.96. The molecule has 50 heavy (non-hydrogen) atoms. The molecule has 0 saturated carbocycles. The quantitative estimate of drug-likeness (QED) is 0.128. The summed E-state index contributed by atoms with van der Waals surface area (Å²) in [5.41, 5.74) is 19.4. The van der Waals surface area contributed by atoms with Gasteiger partial charge in [-0.15, -0.1) is 0 Å². The molecule has 2 aromatic heterocycles. The van der Waals surface area contributed by atoms with Crippen LogP contribution in [-0.4, -0.2) is 15.8 Å². The van der Waals surface area contributed by atoms with Crippen LogP contribution in [0.1, 0.15) is 16.7 Å². The van der Waals surface area contributed by atoms with E-state index in [1.54, 1.807) is 12.4 Å². The Morgan fingerprint density at radius 2 is 1.32 bits per heavy atom. The maximum Gasteiger partial charge on any atom is 0.0786 e. The molecule has 6 aromatic carbocycles. The maximum absolute atomic E-state index is 8.01. The number of hydrogen-bond acceptors (Lipinski definition) is 3. The van der Waals surface area contributed by atoms with Gasteiger partial charge in [-0.2, -0.15) is 0 Å². The Hall–Kier alpha value is -6.78. The highest BCUT2D eigenvalue weighted by Crippen LogP contribution is 2.37. The van der Waals surface area contributed by atoms with Crippen molar-refractivity contribution in [1.82, 2.24) is 9.55 Å². The summed E-state index contributed by atoms with van der Waals surface area (Å²) in [6.45, 7) is 4.37. The maximum atomic E-state index is 8.01. The topological polar surface area (TPSA) is 67.7 Å². The largest absolute Gasteiger partial charge is 0.404 e. The van der Waals surface area contributed by atoms with E-state index < -0.39 is 0 Å². The summed E-state index contributed by atoms with van der Waals surface area (Å²) in [6, 6.07) is 50.9. The van der Waals surface area contributed by atoms with Crippen LogP contribution in [0, 0.1) is 5.41 Å². The van der Waals surface area contributed by atoms with Crippen molar-refractivity contribution in [2.24, 2.45) is 5.73 Å². The van der Waals surface area contributed by atoms with Gasteiger partial charge in [0, 0.05) is 51.6 Å². The predicted molar refractivity (Wildman–Crippen MR) is 212 cm³/mol. The average Bonchev–Trinajstić information content (AvgIpc) is 3.52. The molecule has 0 aliphatic rings. The van der Waals surface area contributed by atoms with E-state index in [4.69, 9.17) is 11.1 Å². The lowest BCUT2D eigenvalue weighted by molar-refractivity contribution is 1.18. The molecular weight excluding hydrogens is 609 g/mol. The van der Waals surface area contributed by atoms with Gasteiger partial charge in [0.25, 0.3) is 0 Å². The second kappa shape index (κ2) is 13.0. The standard InChI is InChI=1S/C46H34N4/c1-31(45-37(30-48)21-20-34-15-10-24-49-46(34)45)18-19-36(29-47)35-22-23-44-42(28-35)41-16-8-9-17-43(41)50(44)40-26-38(32-11-4-2-5-12-32)25-39(27-40)33-13-6-3-7-14-33/h2-30,48H,1,47H2/b19-18-,36-29+,48-30?. The molecule has 2 heterocycles. The minimum Gasteiger partial charge on any atom is -0.404 e. The lowest BCUT2D eigenvalue weighted by Gasteiger charge is -2.14. The van der Waals surface area contributed by atoms with Crippen LogP contribution in [0.2, 0.25) is 0 Å². The van der Waals surface area contributed by atoms with E-state index in [0.717, 1.165) is 77.4 Å². The van der Waals surface area contributed by atoms with Crippen molar-refractivity contribution < 1.29 is 0 Å². The summed E-state index contributed by atoms with van der Waals surface area (Å²) in [4.78, 5) is 4.61. The molecular formula is C46H34N4. The van der Waals surface area contributed by atoms with Crippen molar-refractivity contribution in [2.75, 3.05) is 0 Å². The summed E-state index contributed by atoms with van der Waals surface area (Å²) >= 11 is 0. The molecule has 0 spiro atoms. The Morgan fingerprint density at radius 1 is 0.640 bits per heavy atom. The van der Waals surface area contributed by atoms with Crippen LogP contribution in [0.25, 0.3) is 71.8 Å². The van der Waals surface area contributed by atoms with Crippen LogP contribution in [0.3, 0.4) is 0 Å². The van der Waals surface area contributed by atoms with Crippen LogP contribution in [0.15, 0.2) is 177 Å². The second-order valence-corrected chi connectivity index (χ2v) is 12.3. The molecule has 0 bridgehead atoms. The van der Waals surface area contributed by atoms with Crippen LogP contribution >= 0.6 is 0 Å². The minimum atomic E-state index is 0.761. The minimum absolute atomic E-state index is 0.761. The van der Waals surface area contributed by atoms with Gasteiger partial charge in [0.05, 0.1) is 16.6 Å². The van der Waals surface area contributed by atoms with Crippen molar-refractivity contribution in [2.45, 2.75) is 0 Å². The SMILES string of the molecule is C=C(/C=C\C(=C/N)c1ccc2c(c1)c1ccccc1n2-c1cc(-c2ccccc2)cc(-c2ccccc2)c1)c1c(C=N)ccc2cccnc12. The number of nitrogens with one attached hydrogen (secondary N) is 1. The van der Waals surface area contributed by atoms with Crippen molar-refractivity contribution in [1.29, 1.82) is 5.41 Å². The van der Waals surface area contributed by atoms with Gasteiger partial charge in [-0.3, -0.25) is 4.98 Å². The van der Waals surface area contributed by atoms with Gasteiger partial charge in [0.15, 0.2) is 0 Å². The molecule has 4 heteroatoms. The van der Waals surface area contributed by atoms with Crippen molar-refractivity contribution in [3.63, 3.8) is 0 Å². The highest BCUT2D eigenvalue weighted by molar-refractivity contribution is 6.10. The molecule has 8 rings (SSSR count). The van der Waals surface area contributed by atoms with E-state index in [2.05, 4.69) is 137 Å². The van der Waals surface area contributed by atoms with Gasteiger partial charge in [-0.1, -0.05) is 122 Å². The summed E-state index contributed by atoms with van der Waals surface area (Å²) in [6.07, 6.45) is 8.72. The van der Waals surface area contributed by atoms with Crippen LogP contribution < -0.4 is 5.73 Å². The second-order valence-electron chi connectivity index (χ2n) is 12.3. The number of aromatic nitrogens is 2. The first-order valence-electron chi connectivity index (χ1n) is 16.6. The van der Waals surface area contributed by atoms with E-state index in [1.165, 1.54) is 17.3 Å². The van der Waals surface area contributed by atoms with E-state index in [0.29, 0.717) is 0 Å². The fourth-order valence-electron chi connectivity index (χ4n) is 6.91. The molecule has 238 valence electrons. The van der Waals surface area contributed by atoms with Gasteiger partial charge in [0.2, 0.25) is 0 Å². The van der Waals surface area contributed by atoms with Crippen LogP contribution in [0.4, 0.5) is 0 Å². The fourth-order valence-corrected chi connectivity index (χ4v) is 6.91. The number of hydrogen-bond donors (Lipinski definition) is 2. The number of rotatable bonds is 8. The Balaban J connectivity index is 1.24. The highest BCUT2D eigenvalue weighted by Gasteiger charge is 2.16. The highest BCUT2D eigenvalue weighted by atomic mass is 15.0. The number of benzene rings is 6. The molecule has 0 aliphatic carbocycles. The number of nitrogens with two attached hydrogens (primary N) is 1. The molecule has 0 saturated heterocycles. The Kier molecular flexibility index (Phi) is 7.96. The Bertz CT molecular complexity index is 2570. The normalized spacial score (nSPS) is 11.9. The van der Waals surface area contributed by atoms with Gasteiger partial charge < -0.3 is 15.7 Å². The Labute approximate surface area is 291 Å². The smallest absolute Gasteiger partial charge is 0.0786 e. The van der Waals surface area contributed by atoms with Gasteiger partial charge >= 0.3 is 0 Å². The van der Waals surface area contributed by atoms with Gasteiger partial charge in [-0.05, 0) is 81.4 Å². The third-order valence-electron chi connectivity index (χ3n) is 9.32. The zero-order valence-electron chi connectivity index (χ0n) is 27.4. The van der Waals surface area contributed by atoms with Crippen molar-refractivity contribution >= 4 is 50.1 Å². The van der Waals surface area contributed by atoms with Crippen LogP contribution in [0.5, 0.6) is 0 Å². The molecule has 0 radical (unpaired) electrons. The summed E-state index contributed by atoms with van der Waals surface area (Å²) < 4.78 is 2.36. The first-order chi connectivity index (χ1) is 24.6. The fraction of sp³-hybridized carbons (Fsp3) is 0. The summed E-state index contributed by atoms with van der Waals surface area (Å²) in [7, 11) is 0. The Morgan fingerprint density at radius 3 is 2.02 bits per heavy atom. The molecule has 0 amide bonds. The molecule has 8 aromatic rings. The number of nitrogens with zero attached hydrogens (tertiary/aromatic N) is 2. The van der Waals surface area contributed by atoms with Crippen LogP contribution in [-0.2, 0) is 0 Å². The molecule has 4 nitrogen and oxygen atoms in total. The van der Waals surface area contributed by atoms with Gasteiger partial charge in [0.1, 0.15) is 0 Å². The summed E-state index contributed by atoms with van der Waals surface area (Å²) in [5.74, 6) is 0. The molecule has 3 N–H and O–H groups in total. The van der Waals surface area contributed by atoms with E-state index >= 15 is 0 Å². The first kappa shape index (κ1) is 30.5. The molecule has 0 unspecified atom stereocenters. The van der Waals surface area contributed by atoms with Crippen molar-refractivity contribution in [3.8, 4) is 27.9 Å². The van der Waals surface area contributed by atoms with Crippen molar-refractivity contribution in [3.05, 3.63) is 193 Å². The first-order valence-corrected chi connectivity index (χ1v) is 16.6.